The molecule has 1 rings (SSSR count). The Kier molecular flexibility index (Phi) is 3.59. The van der Waals surface area contributed by atoms with E-state index in [1.165, 1.54) is 23.9 Å². The lowest BCUT2D eigenvalue weighted by atomic mass is 10.2. The second-order valence-corrected chi connectivity index (χ2v) is 5.97. The van der Waals surface area contributed by atoms with Gasteiger partial charge in [-0.05, 0) is 36.4 Å². The Hall–Kier alpha value is -0.780. The molecule has 0 fully saturated rings. The van der Waals surface area contributed by atoms with E-state index in [9.17, 15) is 8.42 Å². The van der Waals surface area contributed by atoms with Crippen LogP contribution in [-0.4, -0.2) is 13.0 Å². The molecule has 5 heteroatoms. The van der Waals surface area contributed by atoms with Gasteiger partial charge in [-0.3, -0.25) is 4.55 Å². The Morgan fingerprint density at radius 3 is 2.53 bits per heavy atom. The van der Waals surface area contributed by atoms with Gasteiger partial charge in [0.25, 0.3) is 10.1 Å². The zero-order valence-electron chi connectivity index (χ0n) is 8.52. The van der Waals surface area contributed by atoms with Crippen LogP contribution < -0.4 is 0 Å². The van der Waals surface area contributed by atoms with E-state index in [0.29, 0.717) is 0 Å². The summed E-state index contributed by atoms with van der Waals surface area (Å²) in [5.74, 6) is 0. The molecule has 15 heavy (non-hydrogen) atoms. The van der Waals surface area contributed by atoms with Gasteiger partial charge in [-0.25, -0.2) is 0 Å². The minimum absolute atomic E-state index is 0.0862. The van der Waals surface area contributed by atoms with Crippen molar-refractivity contribution in [2.75, 3.05) is 0 Å². The predicted molar refractivity (Wildman–Crippen MR) is 61.7 cm³/mol. The van der Waals surface area contributed by atoms with Crippen LogP contribution in [0.5, 0.6) is 0 Å². The molecule has 0 atom stereocenters. The molecule has 1 aromatic rings. The summed E-state index contributed by atoms with van der Waals surface area (Å²) >= 11 is 1.39. The molecule has 0 aromatic heterocycles. The molecule has 0 aliphatic rings. The molecule has 0 heterocycles. The standard InChI is InChI=1S/C10H12O3S2/c1-7(2)14-10-6-9(15(11,12)13)5-4-8(10)3/h4-6H,1H2,2-3H3,(H,11,12,13). The lowest BCUT2D eigenvalue weighted by Crippen LogP contribution is -1.98. The van der Waals surface area contributed by atoms with Crippen LogP contribution in [0.15, 0.2) is 39.5 Å². The molecule has 0 unspecified atom stereocenters. The summed E-state index contributed by atoms with van der Waals surface area (Å²) < 4.78 is 30.7. The summed E-state index contributed by atoms with van der Waals surface area (Å²) in [6.07, 6.45) is 0. The molecular formula is C10H12O3S2. The van der Waals surface area contributed by atoms with E-state index in [2.05, 4.69) is 6.58 Å². The Morgan fingerprint density at radius 2 is 2.07 bits per heavy atom. The summed E-state index contributed by atoms with van der Waals surface area (Å²) in [4.78, 5) is 1.57. The third-order valence-electron chi connectivity index (χ3n) is 1.74. The van der Waals surface area contributed by atoms with Crippen molar-refractivity contribution in [3.8, 4) is 0 Å². The highest BCUT2D eigenvalue weighted by Gasteiger charge is 2.11. The third-order valence-corrected chi connectivity index (χ3v) is 3.60. The van der Waals surface area contributed by atoms with E-state index in [1.54, 1.807) is 6.07 Å². The van der Waals surface area contributed by atoms with Gasteiger partial charge in [0.05, 0.1) is 4.90 Å². The average Bonchev–Trinajstić information content (AvgIpc) is 2.06. The van der Waals surface area contributed by atoms with Crippen LogP contribution in [0.3, 0.4) is 0 Å². The van der Waals surface area contributed by atoms with Crippen LogP contribution in [0.4, 0.5) is 0 Å². The van der Waals surface area contributed by atoms with E-state index in [1.807, 2.05) is 13.8 Å². The van der Waals surface area contributed by atoms with Crippen molar-refractivity contribution in [2.24, 2.45) is 0 Å². The smallest absolute Gasteiger partial charge is 0.282 e. The van der Waals surface area contributed by atoms with Gasteiger partial charge in [-0.15, -0.1) is 0 Å². The van der Waals surface area contributed by atoms with Gasteiger partial charge < -0.3 is 0 Å². The zero-order chi connectivity index (χ0) is 11.6. The summed E-state index contributed by atoms with van der Waals surface area (Å²) in [6.45, 7) is 7.45. The van der Waals surface area contributed by atoms with Gasteiger partial charge in [-0.1, -0.05) is 24.4 Å². The molecule has 1 aromatic carbocycles. The minimum Gasteiger partial charge on any atom is -0.282 e. The summed E-state index contributed by atoms with van der Waals surface area (Å²) in [7, 11) is -4.12. The normalized spacial score (nSPS) is 11.4. The fourth-order valence-electron chi connectivity index (χ4n) is 1.04. The third kappa shape index (κ3) is 3.37. The Morgan fingerprint density at radius 1 is 1.47 bits per heavy atom. The fraction of sp³-hybridized carbons (Fsp3) is 0.200. The average molecular weight is 244 g/mol. The Bertz CT molecular complexity index is 489. The molecule has 0 amide bonds. The van der Waals surface area contributed by atoms with Gasteiger partial charge in [0, 0.05) is 4.90 Å². The lowest BCUT2D eigenvalue weighted by Gasteiger charge is -2.06. The van der Waals surface area contributed by atoms with Crippen molar-refractivity contribution in [1.29, 1.82) is 0 Å². The van der Waals surface area contributed by atoms with Crippen LogP contribution in [-0.2, 0) is 10.1 Å². The largest absolute Gasteiger partial charge is 0.294 e. The number of hydrogen-bond acceptors (Lipinski definition) is 3. The molecule has 82 valence electrons. The monoisotopic (exact) mass is 244 g/mol. The molecule has 3 nitrogen and oxygen atoms in total. The van der Waals surface area contributed by atoms with E-state index in [4.69, 9.17) is 4.55 Å². The maximum atomic E-state index is 10.9. The highest BCUT2D eigenvalue weighted by Crippen LogP contribution is 2.29. The number of thioether (sulfide) groups is 1. The van der Waals surface area contributed by atoms with Crippen LogP contribution in [0.2, 0.25) is 0 Å². The van der Waals surface area contributed by atoms with E-state index >= 15 is 0 Å². The van der Waals surface area contributed by atoms with Gasteiger partial charge >= 0.3 is 0 Å². The Balaban J connectivity index is 3.23. The summed E-state index contributed by atoms with van der Waals surface area (Å²) in [5, 5.41) is 0. The first kappa shape index (κ1) is 12.3. The number of aryl methyl sites for hydroxylation is 1. The van der Waals surface area contributed by atoms with E-state index < -0.39 is 10.1 Å². The molecule has 0 saturated carbocycles. The van der Waals surface area contributed by atoms with Crippen LogP contribution in [0.1, 0.15) is 12.5 Å². The quantitative estimate of drug-likeness (QED) is 0.656. The van der Waals surface area contributed by atoms with Gasteiger partial charge in [0.2, 0.25) is 0 Å². The molecule has 0 radical (unpaired) electrons. The van der Waals surface area contributed by atoms with Crippen molar-refractivity contribution < 1.29 is 13.0 Å². The van der Waals surface area contributed by atoms with Crippen molar-refractivity contribution in [3.63, 3.8) is 0 Å². The number of benzene rings is 1. The highest BCUT2D eigenvalue weighted by atomic mass is 32.2. The predicted octanol–water partition coefficient (Wildman–Crippen LogP) is 2.87. The maximum Gasteiger partial charge on any atom is 0.294 e. The van der Waals surface area contributed by atoms with Crippen molar-refractivity contribution in [1.82, 2.24) is 0 Å². The van der Waals surface area contributed by atoms with Crippen LogP contribution >= 0.6 is 11.8 Å². The van der Waals surface area contributed by atoms with Crippen molar-refractivity contribution in [2.45, 2.75) is 23.6 Å². The molecule has 0 spiro atoms. The van der Waals surface area contributed by atoms with Crippen LogP contribution in [0.25, 0.3) is 0 Å². The summed E-state index contributed by atoms with van der Waals surface area (Å²) in [6, 6.07) is 4.49. The minimum atomic E-state index is -4.12. The number of rotatable bonds is 3. The molecule has 0 saturated heterocycles. The highest BCUT2D eigenvalue weighted by molar-refractivity contribution is 8.03. The molecular weight excluding hydrogens is 232 g/mol. The first-order valence-electron chi connectivity index (χ1n) is 4.22. The summed E-state index contributed by atoms with van der Waals surface area (Å²) in [5.41, 5.74) is 0.954. The van der Waals surface area contributed by atoms with Crippen molar-refractivity contribution >= 4 is 21.9 Å². The Labute approximate surface area is 94.0 Å². The van der Waals surface area contributed by atoms with Crippen LogP contribution in [0, 0.1) is 6.92 Å². The second-order valence-electron chi connectivity index (χ2n) is 3.21. The van der Waals surface area contributed by atoms with Gasteiger partial charge in [0.1, 0.15) is 0 Å². The molecule has 0 aliphatic heterocycles. The van der Waals surface area contributed by atoms with E-state index in [0.717, 1.165) is 15.4 Å². The molecule has 0 aliphatic carbocycles. The number of hydrogen-bond donors (Lipinski definition) is 1. The SMILES string of the molecule is C=C(C)Sc1cc(S(=O)(=O)O)ccc1C. The topological polar surface area (TPSA) is 54.4 Å². The van der Waals surface area contributed by atoms with Gasteiger partial charge in [0.15, 0.2) is 0 Å². The molecule has 0 bridgehead atoms. The first-order chi connectivity index (χ1) is 6.80. The van der Waals surface area contributed by atoms with Gasteiger partial charge in [-0.2, -0.15) is 8.42 Å². The molecule has 1 N–H and O–H groups in total. The first-order valence-corrected chi connectivity index (χ1v) is 6.48. The number of allylic oxidation sites excluding steroid dienone is 1. The van der Waals surface area contributed by atoms with Crippen molar-refractivity contribution in [3.05, 3.63) is 35.2 Å². The maximum absolute atomic E-state index is 10.9. The second kappa shape index (κ2) is 4.38. The lowest BCUT2D eigenvalue weighted by molar-refractivity contribution is 0.483. The van der Waals surface area contributed by atoms with E-state index in [-0.39, 0.29) is 4.90 Å². The zero-order valence-corrected chi connectivity index (χ0v) is 10.2. The fourth-order valence-corrected chi connectivity index (χ4v) is 2.41.